The quantitative estimate of drug-likeness (QED) is 0.514. The van der Waals surface area contributed by atoms with Gasteiger partial charge in [-0.15, -0.1) is 0 Å². The van der Waals surface area contributed by atoms with Gasteiger partial charge >= 0.3 is 0 Å². The zero-order valence-electron chi connectivity index (χ0n) is 14.2. The van der Waals surface area contributed by atoms with E-state index in [9.17, 15) is 14.4 Å². The normalized spacial score (nSPS) is 10.3. The lowest BCUT2D eigenvalue weighted by Gasteiger charge is -2.07. The van der Waals surface area contributed by atoms with E-state index in [1.807, 2.05) is 6.92 Å². The van der Waals surface area contributed by atoms with Crippen LogP contribution in [-0.2, 0) is 16.1 Å². The highest BCUT2D eigenvalue weighted by Crippen LogP contribution is 2.10. The van der Waals surface area contributed by atoms with E-state index in [2.05, 4.69) is 15.7 Å². The van der Waals surface area contributed by atoms with Crippen LogP contribution in [0.15, 0.2) is 30.3 Å². The third-order valence-corrected chi connectivity index (χ3v) is 3.43. The molecule has 1 aromatic carbocycles. The molecule has 0 radical (unpaired) electrons. The summed E-state index contributed by atoms with van der Waals surface area (Å²) in [5.74, 6) is -1.23. The Morgan fingerprint density at radius 1 is 1.20 bits per heavy atom. The van der Waals surface area contributed by atoms with Crippen LogP contribution in [0.4, 0.5) is 11.4 Å². The van der Waals surface area contributed by atoms with Crippen molar-refractivity contribution in [3.63, 3.8) is 0 Å². The molecular weight excluding hydrogens is 322 g/mol. The Hall–Kier alpha value is -3.16. The highest BCUT2D eigenvalue weighted by Gasteiger charge is 2.15. The van der Waals surface area contributed by atoms with Crippen LogP contribution in [0, 0.1) is 6.92 Å². The molecule has 0 saturated carbocycles. The van der Waals surface area contributed by atoms with Crippen molar-refractivity contribution in [1.29, 1.82) is 0 Å². The summed E-state index contributed by atoms with van der Waals surface area (Å²) in [5, 5.41) is 9.29. The van der Waals surface area contributed by atoms with E-state index in [0.717, 1.165) is 5.69 Å². The molecular formula is C17H21N5O3. The van der Waals surface area contributed by atoms with Crippen molar-refractivity contribution in [3.05, 3.63) is 41.7 Å². The average Bonchev–Trinajstić information content (AvgIpc) is 2.95. The van der Waals surface area contributed by atoms with Gasteiger partial charge in [0.25, 0.3) is 5.91 Å². The molecule has 2 amide bonds. The Morgan fingerprint density at radius 2 is 1.88 bits per heavy atom. The molecule has 1 aromatic heterocycles. The van der Waals surface area contributed by atoms with Gasteiger partial charge in [0.15, 0.2) is 5.78 Å². The molecule has 2 aromatic rings. The second-order valence-corrected chi connectivity index (χ2v) is 5.56. The van der Waals surface area contributed by atoms with Crippen LogP contribution in [0.5, 0.6) is 0 Å². The predicted molar refractivity (Wildman–Crippen MR) is 94.1 cm³/mol. The van der Waals surface area contributed by atoms with Gasteiger partial charge in [-0.1, -0.05) is 0 Å². The van der Waals surface area contributed by atoms with Crippen molar-refractivity contribution >= 4 is 29.0 Å². The molecule has 4 N–H and O–H groups in total. The topological polar surface area (TPSA) is 119 Å². The Labute approximate surface area is 145 Å². The Morgan fingerprint density at radius 3 is 2.52 bits per heavy atom. The van der Waals surface area contributed by atoms with Crippen molar-refractivity contribution in [2.45, 2.75) is 26.8 Å². The highest BCUT2D eigenvalue weighted by molar-refractivity contribution is 6.06. The molecule has 1 heterocycles. The van der Waals surface area contributed by atoms with Gasteiger partial charge in [-0.3, -0.25) is 19.1 Å². The van der Waals surface area contributed by atoms with Crippen LogP contribution < -0.4 is 16.4 Å². The van der Waals surface area contributed by atoms with Gasteiger partial charge < -0.3 is 16.4 Å². The van der Waals surface area contributed by atoms with Gasteiger partial charge in [0.05, 0.1) is 18.7 Å². The molecule has 25 heavy (non-hydrogen) atoms. The van der Waals surface area contributed by atoms with Gasteiger partial charge in [0.1, 0.15) is 5.69 Å². The summed E-state index contributed by atoms with van der Waals surface area (Å²) < 4.78 is 1.56. The van der Waals surface area contributed by atoms with Crippen molar-refractivity contribution in [2.75, 3.05) is 17.6 Å². The van der Waals surface area contributed by atoms with Gasteiger partial charge in [-0.05, 0) is 44.2 Å². The minimum atomic E-state index is -0.446. The van der Waals surface area contributed by atoms with E-state index in [1.165, 1.54) is 0 Å². The van der Waals surface area contributed by atoms with Crippen molar-refractivity contribution in [2.24, 2.45) is 0 Å². The third-order valence-electron chi connectivity index (χ3n) is 3.43. The standard InChI is InChI=1S/C17H21N5O3/c1-3-22-15(8-11(2)21-22)17(25)19-10-14(23)9-16(24)20-13-6-4-12(18)5-7-13/h4-8H,3,9-10,18H2,1-2H3,(H,19,25)(H,20,24). The number of nitrogen functional groups attached to an aromatic ring is 1. The molecule has 0 aliphatic rings. The molecule has 0 aliphatic carbocycles. The highest BCUT2D eigenvalue weighted by atomic mass is 16.2. The molecule has 8 nitrogen and oxygen atoms in total. The number of carbonyl (C=O) groups is 3. The first-order chi connectivity index (χ1) is 11.9. The molecule has 0 saturated heterocycles. The van der Waals surface area contributed by atoms with Gasteiger partial charge in [0, 0.05) is 17.9 Å². The van der Waals surface area contributed by atoms with Gasteiger partial charge in [-0.2, -0.15) is 5.10 Å². The number of aromatic nitrogens is 2. The number of ketones is 1. The Balaban J connectivity index is 1.82. The smallest absolute Gasteiger partial charge is 0.269 e. The van der Waals surface area contributed by atoms with Crippen LogP contribution in [0.3, 0.4) is 0 Å². The molecule has 0 unspecified atom stereocenters. The molecule has 0 fully saturated rings. The second kappa shape index (κ2) is 8.09. The van der Waals surface area contributed by atoms with E-state index in [-0.39, 0.29) is 18.7 Å². The third kappa shape index (κ3) is 5.17. The summed E-state index contributed by atoms with van der Waals surface area (Å²) in [4.78, 5) is 35.8. The first-order valence-corrected chi connectivity index (χ1v) is 7.88. The van der Waals surface area contributed by atoms with Crippen molar-refractivity contribution in [1.82, 2.24) is 15.1 Å². The predicted octanol–water partition coefficient (Wildman–Crippen LogP) is 1.12. The fraction of sp³-hybridized carbons (Fsp3) is 0.294. The number of anilines is 2. The number of aryl methyl sites for hydroxylation is 2. The van der Waals surface area contributed by atoms with Crippen LogP contribution in [-0.4, -0.2) is 33.9 Å². The maximum Gasteiger partial charge on any atom is 0.269 e. The lowest BCUT2D eigenvalue weighted by molar-refractivity contribution is -0.124. The zero-order valence-corrected chi connectivity index (χ0v) is 14.2. The number of benzene rings is 1. The van der Waals surface area contributed by atoms with Crippen LogP contribution in [0.25, 0.3) is 0 Å². The zero-order chi connectivity index (χ0) is 18.4. The fourth-order valence-electron chi connectivity index (χ4n) is 2.25. The number of nitrogens with one attached hydrogen (secondary N) is 2. The second-order valence-electron chi connectivity index (χ2n) is 5.56. The van der Waals surface area contributed by atoms with Crippen LogP contribution in [0.2, 0.25) is 0 Å². The number of hydrogen-bond acceptors (Lipinski definition) is 5. The SMILES string of the molecule is CCn1nc(C)cc1C(=O)NCC(=O)CC(=O)Nc1ccc(N)cc1. The molecule has 8 heteroatoms. The lowest BCUT2D eigenvalue weighted by Crippen LogP contribution is -2.32. The number of amides is 2. The lowest BCUT2D eigenvalue weighted by atomic mass is 10.2. The molecule has 132 valence electrons. The minimum absolute atomic E-state index is 0.220. The van der Waals surface area contributed by atoms with Crippen LogP contribution >= 0.6 is 0 Å². The number of rotatable bonds is 7. The number of nitrogens with zero attached hydrogens (tertiary/aromatic N) is 2. The molecule has 0 spiro atoms. The molecule has 0 bridgehead atoms. The minimum Gasteiger partial charge on any atom is -0.399 e. The fourth-order valence-corrected chi connectivity index (χ4v) is 2.25. The maximum atomic E-state index is 12.1. The van der Waals surface area contributed by atoms with Gasteiger partial charge in [0.2, 0.25) is 5.91 Å². The summed E-state index contributed by atoms with van der Waals surface area (Å²) in [6, 6.07) is 8.24. The van der Waals surface area contributed by atoms with Crippen molar-refractivity contribution in [3.8, 4) is 0 Å². The Kier molecular flexibility index (Phi) is 5.89. The first-order valence-electron chi connectivity index (χ1n) is 7.88. The van der Waals surface area contributed by atoms with Crippen LogP contribution in [0.1, 0.15) is 29.5 Å². The monoisotopic (exact) mass is 343 g/mol. The molecule has 2 rings (SSSR count). The number of nitrogens with two attached hydrogens (primary N) is 1. The van der Waals surface area contributed by atoms with E-state index in [4.69, 9.17) is 5.73 Å². The average molecular weight is 343 g/mol. The van der Waals surface area contributed by atoms with Gasteiger partial charge in [-0.25, -0.2) is 0 Å². The largest absolute Gasteiger partial charge is 0.399 e. The summed E-state index contributed by atoms with van der Waals surface area (Å²) in [7, 11) is 0. The Bertz CT molecular complexity index is 780. The summed E-state index contributed by atoms with van der Waals surface area (Å²) in [6.07, 6.45) is -0.323. The first kappa shape index (κ1) is 18.2. The summed E-state index contributed by atoms with van der Waals surface area (Å²) in [5.41, 5.74) is 7.81. The van der Waals surface area contributed by atoms with E-state index in [1.54, 1.807) is 41.9 Å². The maximum absolute atomic E-state index is 12.1. The number of hydrogen-bond donors (Lipinski definition) is 3. The number of carbonyl (C=O) groups excluding carboxylic acids is 3. The van der Waals surface area contributed by atoms with E-state index < -0.39 is 11.8 Å². The number of Topliss-reactive ketones (excluding diaryl/α,β-unsaturated/α-hetero) is 1. The van der Waals surface area contributed by atoms with Crippen molar-refractivity contribution < 1.29 is 14.4 Å². The van der Waals surface area contributed by atoms with E-state index >= 15 is 0 Å². The molecule has 0 aliphatic heterocycles. The van der Waals surface area contributed by atoms with E-state index in [0.29, 0.717) is 23.6 Å². The summed E-state index contributed by atoms with van der Waals surface area (Å²) >= 11 is 0. The molecule has 0 atom stereocenters. The summed E-state index contributed by atoms with van der Waals surface area (Å²) in [6.45, 7) is 3.99.